The smallest absolute Gasteiger partial charge is 0.358 e. The summed E-state index contributed by atoms with van der Waals surface area (Å²) in [5.74, 6) is -1.05. The van der Waals surface area contributed by atoms with E-state index >= 15 is 0 Å². The van der Waals surface area contributed by atoms with E-state index in [1.807, 2.05) is 0 Å². The quantitative estimate of drug-likeness (QED) is 0.760. The molecule has 2 N–H and O–H groups in total. The molecule has 2 rings (SSSR count). The zero-order valence-electron chi connectivity index (χ0n) is 11.4. The second kappa shape index (κ2) is 6.47. The molecule has 0 saturated carbocycles. The van der Waals surface area contributed by atoms with Crippen molar-refractivity contribution in [2.75, 3.05) is 20.1 Å². The molecule has 110 valence electrons. The van der Waals surface area contributed by atoms with E-state index in [-0.39, 0.29) is 17.6 Å². The zero-order valence-corrected chi connectivity index (χ0v) is 11.4. The van der Waals surface area contributed by atoms with Gasteiger partial charge in [-0.15, -0.1) is 5.10 Å². The molecule has 0 aromatic carbocycles. The molecule has 0 radical (unpaired) electrons. The van der Waals surface area contributed by atoms with Gasteiger partial charge in [0.05, 0.1) is 18.8 Å². The number of rotatable bonds is 5. The van der Waals surface area contributed by atoms with Gasteiger partial charge >= 0.3 is 5.97 Å². The average Bonchev–Trinajstić information content (AvgIpc) is 2.93. The molecule has 1 aromatic heterocycles. The Morgan fingerprint density at radius 1 is 1.45 bits per heavy atom. The topological polar surface area (TPSA) is 100 Å². The van der Waals surface area contributed by atoms with Gasteiger partial charge in [0.1, 0.15) is 0 Å². The van der Waals surface area contributed by atoms with E-state index in [9.17, 15) is 9.59 Å². The van der Waals surface area contributed by atoms with Crippen molar-refractivity contribution in [2.45, 2.75) is 31.8 Å². The minimum atomic E-state index is -1.09. The third-order valence-corrected chi connectivity index (χ3v) is 3.54. The number of nitrogens with zero attached hydrogens (tertiary/aromatic N) is 4. The minimum absolute atomic E-state index is 0.0366. The Labute approximate surface area is 116 Å². The van der Waals surface area contributed by atoms with Gasteiger partial charge in [-0.1, -0.05) is 11.6 Å². The lowest BCUT2D eigenvalue weighted by atomic mass is 10.0. The summed E-state index contributed by atoms with van der Waals surface area (Å²) < 4.78 is 1.50. The molecule has 0 bridgehead atoms. The van der Waals surface area contributed by atoms with Crippen LogP contribution in [-0.2, 0) is 11.3 Å². The van der Waals surface area contributed by atoms with Gasteiger partial charge in [-0.05, 0) is 19.4 Å². The molecule has 8 nitrogen and oxygen atoms in total. The number of aromatic carboxylic acids is 1. The van der Waals surface area contributed by atoms with Crippen LogP contribution >= 0.6 is 0 Å². The van der Waals surface area contributed by atoms with Crippen molar-refractivity contribution in [3.8, 4) is 0 Å². The molecule has 1 unspecified atom stereocenters. The maximum atomic E-state index is 11.8. The summed E-state index contributed by atoms with van der Waals surface area (Å²) in [6.45, 7) is 2.05. The highest BCUT2D eigenvalue weighted by atomic mass is 16.4. The highest BCUT2D eigenvalue weighted by Gasteiger charge is 2.27. The third kappa shape index (κ3) is 3.32. The Bertz CT molecular complexity index is 487. The number of piperidine rings is 1. The van der Waals surface area contributed by atoms with Crippen LogP contribution in [-0.4, -0.2) is 63.1 Å². The molecule has 1 aliphatic heterocycles. The van der Waals surface area contributed by atoms with Crippen molar-refractivity contribution in [1.29, 1.82) is 0 Å². The molecule has 0 spiro atoms. The average molecular weight is 281 g/mol. The lowest BCUT2D eigenvalue weighted by Crippen LogP contribution is -2.49. The fraction of sp³-hybridized carbons (Fsp3) is 0.667. The predicted molar refractivity (Wildman–Crippen MR) is 70.3 cm³/mol. The molecule has 8 heteroatoms. The summed E-state index contributed by atoms with van der Waals surface area (Å²) in [7, 11) is 1.64. The van der Waals surface area contributed by atoms with Crippen LogP contribution in [0.15, 0.2) is 6.20 Å². The predicted octanol–water partition coefficient (Wildman–Crippen LogP) is -0.423. The number of carbonyl (C=O) groups is 2. The van der Waals surface area contributed by atoms with E-state index < -0.39 is 5.97 Å². The summed E-state index contributed by atoms with van der Waals surface area (Å²) in [5.41, 5.74) is -0.0634. The lowest BCUT2D eigenvalue weighted by molar-refractivity contribution is -0.127. The van der Waals surface area contributed by atoms with Gasteiger partial charge in [0.25, 0.3) is 0 Å². The molecule has 1 aromatic rings. The number of carboxylic acids is 1. The summed E-state index contributed by atoms with van der Waals surface area (Å²) in [6, 6.07) is -0.101. The Hall–Kier alpha value is -1.96. The molecule has 1 aliphatic rings. The van der Waals surface area contributed by atoms with Crippen molar-refractivity contribution < 1.29 is 14.7 Å². The number of aromatic nitrogens is 3. The molecular formula is C12H19N5O3. The number of carboxylic acid groups (broad SMARTS) is 1. The summed E-state index contributed by atoms with van der Waals surface area (Å²) >= 11 is 0. The molecule has 1 amide bonds. The van der Waals surface area contributed by atoms with Gasteiger partial charge in [0.15, 0.2) is 5.69 Å². The van der Waals surface area contributed by atoms with Crippen LogP contribution in [0.4, 0.5) is 0 Å². The maximum absolute atomic E-state index is 11.8. The molecule has 1 atom stereocenters. The highest BCUT2D eigenvalue weighted by Crippen LogP contribution is 2.16. The number of amides is 1. The monoisotopic (exact) mass is 281 g/mol. The fourth-order valence-corrected chi connectivity index (χ4v) is 2.46. The SMILES string of the molecule is CNC(=O)C1CCCCN1CCn1cc(C(=O)O)nn1. The van der Waals surface area contributed by atoms with Gasteiger partial charge in [-0.2, -0.15) is 0 Å². The summed E-state index contributed by atoms with van der Waals surface area (Å²) in [6.07, 6.45) is 4.39. The molecular weight excluding hydrogens is 262 g/mol. The van der Waals surface area contributed by atoms with Crippen LogP contribution in [0.5, 0.6) is 0 Å². The molecule has 1 saturated heterocycles. The first-order valence-corrected chi connectivity index (χ1v) is 6.71. The normalized spacial score (nSPS) is 19.8. The lowest BCUT2D eigenvalue weighted by Gasteiger charge is -2.34. The first kappa shape index (κ1) is 14.4. The molecule has 2 heterocycles. The van der Waals surface area contributed by atoms with E-state index in [0.29, 0.717) is 13.1 Å². The fourth-order valence-electron chi connectivity index (χ4n) is 2.46. The zero-order chi connectivity index (χ0) is 14.5. The van der Waals surface area contributed by atoms with Gasteiger partial charge in [0.2, 0.25) is 5.91 Å². The summed E-state index contributed by atoms with van der Waals surface area (Å²) in [5, 5.41) is 18.8. The van der Waals surface area contributed by atoms with Gasteiger partial charge < -0.3 is 10.4 Å². The Kier molecular flexibility index (Phi) is 4.67. The van der Waals surface area contributed by atoms with Gasteiger partial charge in [-0.3, -0.25) is 14.4 Å². The van der Waals surface area contributed by atoms with Crippen molar-refractivity contribution in [3.05, 3.63) is 11.9 Å². The number of nitrogens with one attached hydrogen (secondary N) is 1. The maximum Gasteiger partial charge on any atom is 0.358 e. The second-order valence-corrected chi connectivity index (χ2v) is 4.83. The molecule has 20 heavy (non-hydrogen) atoms. The standard InChI is InChI=1S/C12H19N5O3/c1-13-11(18)10-4-2-3-5-16(10)6-7-17-8-9(12(19)20)14-15-17/h8,10H,2-7H2,1H3,(H,13,18)(H,19,20). The van der Waals surface area contributed by atoms with E-state index in [4.69, 9.17) is 5.11 Å². The number of carbonyl (C=O) groups excluding carboxylic acids is 1. The van der Waals surface area contributed by atoms with E-state index in [2.05, 4.69) is 20.5 Å². The first-order chi connectivity index (χ1) is 9.61. The van der Waals surface area contributed by atoms with Crippen LogP contribution in [0, 0.1) is 0 Å². The van der Waals surface area contributed by atoms with E-state index in [1.165, 1.54) is 10.9 Å². The van der Waals surface area contributed by atoms with Crippen molar-refractivity contribution in [1.82, 2.24) is 25.2 Å². The minimum Gasteiger partial charge on any atom is -0.476 e. The molecule has 1 fully saturated rings. The largest absolute Gasteiger partial charge is 0.476 e. The number of likely N-dealkylation sites (tertiary alicyclic amines) is 1. The Morgan fingerprint density at radius 2 is 2.25 bits per heavy atom. The van der Waals surface area contributed by atoms with E-state index in [0.717, 1.165) is 25.8 Å². The van der Waals surface area contributed by atoms with Crippen LogP contribution < -0.4 is 5.32 Å². The first-order valence-electron chi connectivity index (χ1n) is 6.71. The van der Waals surface area contributed by atoms with Crippen LogP contribution in [0.2, 0.25) is 0 Å². The molecule has 0 aliphatic carbocycles. The van der Waals surface area contributed by atoms with Crippen LogP contribution in [0.3, 0.4) is 0 Å². The van der Waals surface area contributed by atoms with Gasteiger partial charge in [-0.25, -0.2) is 4.79 Å². The van der Waals surface area contributed by atoms with Crippen LogP contribution in [0.25, 0.3) is 0 Å². The second-order valence-electron chi connectivity index (χ2n) is 4.83. The summed E-state index contributed by atoms with van der Waals surface area (Å²) in [4.78, 5) is 24.7. The van der Waals surface area contributed by atoms with Crippen molar-refractivity contribution >= 4 is 11.9 Å². The number of likely N-dealkylation sites (N-methyl/N-ethyl adjacent to an activating group) is 1. The number of hydrogen-bond acceptors (Lipinski definition) is 5. The van der Waals surface area contributed by atoms with E-state index in [1.54, 1.807) is 7.05 Å². The Morgan fingerprint density at radius 3 is 2.90 bits per heavy atom. The number of hydrogen-bond donors (Lipinski definition) is 2. The third-order valence-electron chi connectivity index (χ3n) is 3.54. The van der Waals surface area contributed by atoms with Crippen LogP contribution in [0.1, 0.15) is 29.8 Å². The Balaban J connectivity index is 1.93. The highest BCUT2D eigenvalue weighted by molar-refractivity contribution is 5.84. The van der Waals surface area contributed by atoms with Crippen molar-refractivity contribution in [2.24, 2.45) is 0 Å². The van der Waals surface area contributed by atoms with Gasteiger partial charge in [0, 0.05) is 13.6 Å². The van der Waals surface area contributed by atoms with Crippen molar-refractivity contribution in [3.63, 3.8) is 0 Å².